The first-order valence-corrected chi connectivity index (χ1v) is 7.98. The molecule has 2 aliphatic rings. The van der Waals surface area contributed by atoms with Gasteiger partial charge in [0.1, 0.15) is 0 Å². The topological polar surface area (TPSA) is 44.4 Å². The molecule has 4 heteroatoms. The highest BCUT2D eigenvalue weighted by atomic mass is 16.2. The van der Waals surface area contributed by atoms with Gasteiger partial charge < -0.3 is 10.6 Å². The first-order chi connectivity index (χ1) is 9.24. The fourth-order valence-corrected chi connectivity index (χ4v) is 3.47. The Kier molecular flexibility index (Phi) is 5.64. The summed E-state index contributed by atoms with van der Waals surface area (Å²) in [6, 6.07) is 0.597. The van der Waals surface area contributed by atoms with E-state index in [0.29, 0.717) is 6.04 Å². The highest BCUT2D eigenvalue weighted by Crippen LogP contribution is 2.27. The normalized spacial score (nSPS) is 28.9. The zero-order chi connectivity index (χ0) is 13.7. The molecule has 0 radical (unpaired) electrons. The van der Waals surface area contributed by atoms with Gasteiger partial charge in [-0.15, -0.1) is 0 Å². The van der Waals surface area contributed by atoms with Gasteiger partial charge in [-0.25, -0.2) is 0 Å². The van der Waals surface area contributed by atoms with Crippen molar-refractivity contribution in [2.24, 2.45) is 5.92 Å². The second-order valence-electron chi connectivity index (χ2n) is 6.04. The smallest absolute Gasteiger partial charge is 0.237 e. The number of piperidine rings is 1. The number of likely N-dealkylation sites (tertiary alicyclic amines) is 1. The van der Waals surface area contributed by atoms with Gasteiger partial charge in [0.15, 0.2) is 0 Å². The monoisotopic (exact) mass is 267 g/mol. The molecule has 3 atom stereocenters. The summed E-state index contributed by atoms with van der Waals surface area (Å²) in [5.74, 6) is 0.966. The van der Waals surface area contributed by atoms with Crippen molar-refractivity contribution in [2.45, 2.75) is 58.0 Å². The Balaban J connectivity index is 1.80. The van der Waals surface area contributed by atoms with Gasteiger partial charge in [-0.3, -0.25) is 9.69 Å². The van der Waals surface area contributed by atoms with Crippen LogP contribution in [-0.2, 0) is 4.79 Å². The zero-order valence-corrected chi connectivity index (χ0v) is 12.5. The summed E-state index contributed by atoms with van der Waals surface area (Å²) in [4.78, 5) is 14.6. The molecule has 19 heavy (non-hydrogen) atoms. The summed E-state index contributed by atoms with van der Waals surface area (Å²) in [6.07, 6.45) is 6.05. The van der Waals surface area contributed by atoms with Crippen LogP contribution in [0.5, 0.6) is 0 Å². The van der Waals surface area contributed by atoms with Crippen LogP contribution in [0, 0.1) is 5.92 Å². The van der Waals surface area contributed by atoms with Crippen LogP contribution in [0.3, 0.4) is 0 Å². The maximum absolute atomic E-state index is 12.2. The van der Waals surface area contributed by atoms with Gasteiger partial charge in [-0.2, -0.15) is 0 Å². The Labute approximate surface area is 117 Å². The molecule has 2 heterocycles. The molecule has 0 aromatic heterocycles. The van der Waals surface area contributed by atoms with Crippen molar-refractivity contribution in [3.63, 3.8) is 0 Å². The molecule has 1 amide bonds. The number of hydrogen-bond acceptors (Lipinski definition) is 3. The second-order valence-corrected chi connectivity index (χ2v) is 6.04. The van der Waals surface area contributed by atoms with E-state index in [1.807, 2.05) is 0 Å². The van der Waals surface area contributed by atoms with E-state index in [-0.39, 0.29) is 11.9 Å². The van der Waals surface area contributed by atoms with Gasteiger partial charge in [0.25, 0.3) is 0 Å². The minimum atomic E-state index is 0.0225. The number of hydrogen-bond donors (Lipinski definition) is 2. The lowest BCUT2D eigenvalue weighted by Crippen LogP contribution is -2.54. The molecular weight excluding hydrogens is 238 g/mol. The van der Waals surface area contributed by atoms with Crippen molar-refractivity contribution in [1.82, 2.24) is 15.5 Å². The number of unbranched alkanes of at least 4 members (excludes halogenated alkanes) is 2. The van der Waals surface area contributed by atoms with E-state index in [0.717, 1.165) is 38.5 Å². The predicted octanol–water partition coefficient (Wildman–Crippen LogP) is 1.37. The van der Waals surface area contributed by atoms with Gasteiger partial charge in [-0.1, -0.05) is 19.8 Å². The third kappa shape index (κ3) is 3.69. The van der Waals surface area contributed by atoms with E-state index >= 15 is 0 Å². The van der Waals surface area contributed by atoms with Gasteiger partial charge in [0.2, 0.25) is 5.91 Å². The number of carbonyl (C=O) groups excluding carboxylic acids is 1. The highest BCUT2D eigenvalue weighted by molar-refractivity contribution is 5.81. The number of amides is 1. The fraction of sp³-hybridized carbons (Fsp3) is 0.933. The van der Waals surface area contributed by atoms with E-state index in [2.05, 4.69) is 29.4 Å². The van der Waals surface area contributed by atoms with Crippen LogP contribution in [0.4, 0.5) is 0 Å². The summed E-state index contributed by atoms with van der Waals surface area (Å²) in [5.41, 5.74) is 0. The lowest BCUT2D eigenvalue weighted by Gasteiger charge is -2.40. The maximum Gasteiger partial charge on any atom is 0.237 e. The SMILES string of the molecule is CCCCCNC(=O)C(C)N1CCCC2CNCC21. The van der Waals surface area contributed by atoms with E-state index in [4.69, 9.17) is 0 Å². The largest absolute Gasteiger partial charge is 0.355 e. The van der Waals surface area contributed by atoms with Crippen molar-refractivity contribution < 1.29 is 4.79 Å². The fourth-order valence-electron chi connectivity index (χ4n) is 3.47. The van der Waals surface area contributed by atoms with Crippen molar-refractivity contribution in [3.05, 3.63) is 0 Å². The third-order valence-electron chi connectivity index (χ3n) is 4.68. The first kappa shape index (κ1) is 14.8. The molecule has 0 bridgehead atoms. The molecular formula is C15H29N3O. The van der Waals surface area contributed by atoms with E-state index in [1.165, 1.54) is 25.7 Å². The van der Waals surface area contributed by atoms with Crippen molar-refractivity contribution in [3.8, 4) is 0 Å². The molecule has 2 fully saturated rings. The lowest BCUT2D eigenvalue weighted by molar-refractivity contribution is -0.127. The third-order valence-corrected chi connectivity index (χ3v) is 4.68. The van der Waals surface area contributed by atoms with Crippen LogP contribution in [0.1, 0.15) is 46.0 Å². The Morgan fingerprint density at radius 1 is 1.42 bits per heavy atom. The van der Waals surface area contributed by atoms with Crippen molar-refractivity contribution >= 4 is 5.91 Å². The van der Waals surface area contributed by atoms with Crippen LogP contribution in [0.2, 0.25) is 0 Å². The number of rotatable bonds is 6. The minimum absolute atomic E-state index is 0.0225. The predicted molar refractivity (Wildman–Crippen MR) is 78.1 cm³/mol. The number of fused-ring (bicyclic) bond motifs is 1. The molecule has 110 valence electrons. The number of nitrogens with one attached hydrogen (secondary N) is 2. The summed E-state index contributed by atoms with van der Waals surface area (Å²) in [6.45, 7) is 8.34. The second kappa shape index (κ2) is 7.25. The molecule has 0 spiro atoms. The van der Waals surface area contributed by atoms with Crippen LogP contribution in [-0.4, -0.2) is 49.1 Å². The van der Waals surface area contributed by atoms with Gasteiger partial charge in [0, 0.05) is 19.1 Å². The average Bonchev–Trinajstić information content (AvgIpc) is 2.90. The standard InChI is InChI=1S/C15H29N3O/c1-3-4-5-8-17-15(19)12(2)18-9-6-7-13-10-16-11-14(13)18/h12-14,16H,3-11H2,1-2H3,(H,17,19). The first-order valence-electron chi connectivity index (χ1n) is 7.98. The molecule has 0 aliphatic carbocycles. The Morgan fingerprint density at radius 3 is 3.05 bits per heavy atom. The average molecular weight is 267 g/mol. The van der Waals surface area contributed by atoms with E-state index in [9.17, 15) is 4.79 Å². The van der Waals surface area contributed by atoms with E-state index in [1.54, 1.807) is 0 Å². The summed E-state index contributed by atoms with van der Waals surface area (Å²) >= 11 is 0. The van der Waals surface area contributed by atoms with Crippen molar-refractivity contribution in [2.75, 3.05) is 26.2 Å². The van der Waals surface area contributed by atoms with Crippen LogP contribution < -0.4 is 10.6 Å². The van der Waals surface area contributed by atoms with Crippen LogP contribution >= 0.6 is 0 Å². The molecule has 0 aromatic carbocycles. The molecule has 2 rings (SSSR count). The summed E-state index contributed by atoms with van der Waals surface area (Å²) < 4.78 is 0. The molecule has 2 N–H and O–H groups in total. The Morgan fingerprint density at radius 2 is 2.26 bits per heavy atom. The summed E-state index contributed by atoms with van der Waals surface area (Å²) in [5, 5.41) is 6.57. The van der Waals surface area contributed by atoms with Crippen molar-refractivity contribution in [1.29, 1.82) is 0 Å². The molecule has 0 aromatic rings. The minimum Gasteiger partial charge on any atom is -0.355 e. The molecule has 0 saturated carbocycles. The summed E-state index contributed by atoms with van der Waals surface area (Å²) in [7, 11) is 0. The molecule has 4 nitrogen and oxygen atoms in total. The van der Waals surface area contributed by atoms with Gasteiger partial charge in [-0.05, 0) is 45.2 Å². The van der Waals surface area contributed by atoms with Gasteiger partial charge >= 0.3 is 0 Å². The Bertz CT molecular complexity index is 295. The number of nitrogens with zero attached hydrogens (tertiary/aromatic N) is 1. The maximum atomic E-state index is 12.2. The lowest BCUT2D eigenvalue weighted by atomic mass is 9.91. The molecule has 3 unspecified atom stereocenters. The molecule has 2 aliphatic heterocycles. The van der Waals surface area contributed by atoms with Crippen LogP contribution in [0.25, 0.3) is 0 Å². The highest BCUT2D eigenvalue weighted by Gasteiger charge is 2.38. The molecule has 2 saturated heterocycles. The van der Waals surface area contributed by atoms with E-state index < -0.39 is 0 Å². The quantitative estimate of drug-likeness (QED) is 0.714. The Hall–Kier alpha value is -0.610. The van der Waals surface area contributed by atoms with Gasteiger partial charge in [0.05, 0.1) is 6.04 Å². The zero-order valence-electron chi connectivity index (χ0n) is 12.5. The number of carbonyl (C=O) groups is 1. The van der Waals surface area contributed by atoms with Crippen LogP contribution in [0.15, 0.2) is 0 Å².